The van der Waals surface area contributed by atoms with E-state index in [1.807, 2.05) is 0 Å². The maximum absolute atomic E-state index is 12.6. The molecule has 2 aromatic rings. The van der Waals surface area contributed by atoms with E-state index in [2.05, 4.69) is 12.2 Å². The van der Waals surface area contributed by atoms with E-state index in [1.165, 1.54) is 24.5 Å². The van der Waals surface area contributed by atoms with Crippen molar-refractivity contribution in [2.75, 3.05) is 12.4 Å². The van der Waals surface area contributed by atoms with Gasteiger partial charge in [-0.1, -0.05) is 30.1 Å². The third kappa shape index (κ3) is 3.68. The number of rotatable bonds is 3. The Morgan fingerprint density at radius 1 is 1.28 bits per heavy atom. The molecule has 0 spiro atoms. The lowest BCUT2D eigenvalue weighted by Gasteiger charge is -2.18. The zero-order chi connectivity index (χ0) is 18.1. The molecule has 0 saturated heterocycles. The van der Waals surface area contributed by atoms with Crippen LogP contribution in [0.15, 0.2) is 18.2 Å². The second-order valence-electron chi connectivity index (χ2n) is 6.13. The van der Waals surface area contributed by atoms with Crippen molar-refractivity contribution in [1.82, 2.24) is 0 Å². The Kier molecular flexibility index (Phi) is 5.37. The Bertz CT molecular complexity index is 847. The molecule has 0 unspecified atom stereocenters. The standard InChI is InChI=1S/C18H17Cl2NO3S/c1-9-3-5-11-14(7-9)25-17(15(11)18(23)24-2)21-16(22)10-4-6-12(19)13(20)8-10/h4,6,8-9H,3,5,7H2,1-2H3,(H,21,22)/t9-/m1/s1. The van der Waals surface area contributed by atoms with Gasteiger partial charge in [0.15, 0.2) is 0 Å². The van der Waals surface area contributed by atoms with Crippen molar-refractivity contribution in [3.8, 4) is 0 Å². The molecule has 1 atom stereocenters. The number of carbonyl (C=O) groups is 2. The first kappa shape index (κ1) is 18.2. The predicted octanol–water partition coefficient (Wildman–Crippen LogP) is 5.22. The number of amides is 1. The fraction of sp³-hybridized carbons (Fsp3) is 0.333. The Hall–Kier alpha value is -1.56. The molecule has 0 saturated carbocycles. The summed E-state index contributed by atoms with van der Waals surface area (Å²) >= 11 is 13.3. The van der Waals surface area contributed by atoms with Crippen molar-refractivity contribution >= 4 is 51.4 Å². The van der Waals surface area contributed by atoms with Crippen molar-refractivity contribution in [2.24, 2.45) is 5.92 Å². The molecule has 1 aliphatic rings. The smallest absolute Gasteiger partial charge is 0.341 e. The lowest BCUT2D eigenvalue weighted by Crippen LogP contribution is -2.16. The van der Waals surface area contributed by atoms with Gasteiger partial charge in [-0.2, -0.15) is 0 Å². The number of fused-ring (bicyclic) bond motifs is 1. The maximum Gasteiger partial charge on any atom is 0.341 e. The number of hydrogen-bond acceptors (Lipinski definition) is 4. The summed E-state index contributed by atoms with van der Waals surface area (Å²) in [6.07, 6.45) is 2.75. The Morgan fingerprint density at radius 3 is 2.72 bits per heavy atom. The minimum atomic E-state index is -0.420. The average molecular weight is 398 g/mol. The molecular formula is C18H17Cl2NO3S. The molecule has 1 aromatic carbocycles. The van der Waals surface area contributed by atoms with E-state index in [4.69, 9.17) is 27.9 Å². The third-order valence-corrected chi connectivity index (χ3v) is 6.22. The van der Waals surface area contributed by atoms with Crippen LogP contribution in [0.1, 0.15) is 44.5 Å². The SMILES string of the molecule is COC(=O)c1c(NC(=O)c2ccc(Cl)c(Cl)c2)sc2c1CC[C@@H](C)C2. The van der Waals surface area contributed by atoms with E-state index in [1.54, 1.807) is 12.1 Å². The lowest BCUT2D eigenvalue weighted by molar-refractivity contribution is 0.0601. The van der Waals surface area contributed by atoms with Gasteiger partial charge in [0.25, 0.3) is 5.91 Å². The van der Waals surface area contributed by atoms with E-state index in [0.29, 0.717) is 32.1 Å². The van der Waals surface area contributed by atoms with Crippen LogP contribution in [-0.2, 0) is 17.6 Å². The predicted molar refractivity (Wildman–Crippen MR) is 101 cm³/mol. The molecule has 0 aliphatic heterocycles. The number of benzene rings is 1. The number of anilines is 1. The summed E-state index contributed by atoms with van der Waals surface area (Å²) in [5.41, 5.74) is 1.85. The van der Waals surface area contributed by atoms with Crippen molar-refractivity contribution in [1.29, 1.82) is 0 Å². The normalized spacial score (nSPS) is 16.2. The van der Waals surface area contributed by atoms with E-state index >= 15 is 0 Å². The molecule has 0 bridgehead atoms. The van der Waals surface area contributed by atoms with Crippen LogP contribution in [0.3, 0.4) is 0 Å². The van der Waals surface area contributed by atoms with Gasteiger partial charge in [0.05, 0.1) is 22.7 Å². The average Bonchev–Trinajstić information content (AvgIpc) is 2.93. The van der Waals surface area contributed by atoms with Gasteiger partial charge < -0.3 is 10.1 Å². The van der Waals surface area contributed by atoms with E-state index in [9.17, 15) is 9.59 Å². The molecular weight excluding hydrogens is 381 g/mol. The molecule has 4 nitrogen and oxygen atoms in total. The molecule has 1 amide bonds. The number of halogens is 2. The maximum atomic E-state index is 12.6. The van der Waals surface area contributed by atoms with Gasteiger partial charge in [0, 0.05) is 10.4 Å². The third-order valence-electron chi connectivity index (χ3n) is 4.31. The van der Waals surface area contributed by atoms with Crippen LogP contribution in [0.25, 0.3) is 0 Å². The number of methoxy groups -OCH3 is 1. The molecule has 1 heterocycles. The summed E-state index contributed by atoms with van der Waals surface area (Å²) in [6.45, 7) is 2.19. The monoisotopic (exact) mass is 397 g/mol. The Labute approximate surface area is 160 Å². The molecule has 0 fully saturated rings. The van der Waals surface area contributed by atoms with Crippen molar-refractivity contribution < 1.29 is 14.3 Å². The van der Waals surface area contributed by atoms with Gasteiger partial charge >= 0.3 is 5.97 Å². The van der Waals surface area contributed by atoms with Gasteiger partial charge in [-0.15, -0.1) is 11.3 Å². The van der Waals surface area contributed by atoms with Crippen LogP contribution < -0.4 is 5.32 Å². The molecule has 1 aliphatic carbocycles. The minimum absolute atomic E-state index is 0.307. The quantitative estimate of drug-likeness (QED) is 0.722. The van der Waals surface area contributed by atoms with Gasteiger partial charge in [-0.25, -0.2) is 4.79 Å². The van der Waals surface area contributed by atoms with Crippen LogP contribution in [0, 0.1) is 5.92 Å². The Balaban J connectivity index is 1.95. The second kappa shape index (κ2) is 7.36. The topological polar surface area (TPSA) is 55.4 Å². The molecule has 1 N–H and O–H groups in total. The molecule has 7 heteroatoms. The van der Waals surface area contributed by atoms with Crippen LogP contribution >= 0.6 is 34.5 Å². The molecule has 3 rings (SSSR count). The molecule has 132 valence electrons. The zero-order valence-electron chi connectivity index (χ0n) is 13.8. The van der Waals surface area contributed by atoms with Crippen LogP contribution in [0.2, 0.25) is 10.0 Å². The highest BCUT2D eigenvalue weighted by atomic mass is 35.5. The van der Waals surface area contributed by atoms with Crippen LogP contribution in [0.5, 0.6) is 0 Å². The second-order valence-corrected chi connectivity index (χ2v) is 8.05. The van der Waals surface area contributed by atoms with E-state index in [-0.39, 0.29) is 5.91 Å². The van der Waals surface area contributed by atoms with Gasteiger partial charge in [0.2, 0.25) is 0 Å². The van der Waals surface area contributed by atoms with Crippen molar-refractivity contribution in [3.63, 3.8) is 0 Å². The number of nitrogens with one attached hydrogen (secondary N) is 1. The number of ether oxygens (including phenoxy) is 1. The first-order valence-corrected chi connectivity index (χ1v) is 9.47. The molecule has 0 radical (unpaired) electrons. The largest absolute Gasteiger partial charge is 0.465 e. The van der Waals surface area contributed by atoms with Gasteiger partial charge in [-0.3, -0.25) is 4.79 Å². The fourth-order valence-electron chi connectivity index (χ4n) is 2.97. The van der Waals surface area contributed by atoms with E-state index < -0.39 is 5.97 Å². The summed E-state index contributed by atoms with van der Waals surface area (Å²) in [5.74, 6) is -0.192. The number of esters is 1. The zero-order valence-corrected chi connectivity index (χ0v) is 16.1. The van der Waals surface area contributed by atoms with Crippen LogP contribution in [0.4, 0.5) is 5.00 Å². The first-order chi connectivity index (χ1) is 11.9. The molecule has 25 heavy (non-hydrogen) atoms. The Morgan fingerprint density at radius 2 is 2.04 bits per heavy atom. The summed E-state index contributed by atoms with van der Waals surface area (Å²) < 4.78 is 4.93. The summed E-state index contributed by atoms with van der Waals surface area (Å²) in [5, 5.41) is 4.06. The van der Waals surface area contributed by atoms with Gasteiger partial charge in [0.1, 0.15) is 5.00 Å². The van der Waals surface area contributed by atoms with Gasteiger partial charge in [-0.05, 0) is 48.9 Å². The summed E-state index contributed by atoms with van der Waals surface area (Å²) in [7, 11) is 1.35. The van der Waals surface area contributed by atoms with E-state index in [0.717, 1.165) is 29.7 Å². The van der Waals surface area contributed by atoms with Crippen molar-refractivity contribution in [3.05, 3.63) is 49.8 Å². The lowest BCUT2D eigenvalue weighted by atomic mass is 9.88. The van der Waals surface area contributed by atoms with Crippen molar-refractivity contribution in [2.45, 2.75) is 26.2 Å². The fourth-order valence-corrected chi connectivity index (χ4v) is 4.66. The van der Waals surface area contributed by atoms with Crippen LogP contribution in [-0.4, -0.2) is 19.0 Å². The highest BCUT2D eigenvalue weighted by Crippen LogP contribution is 2.40. The summed E-state index contributed by atoms with van der Waals surface area (Å²) in [4.78, 5) is 26.0. The summed E-state index contributed by atoms with van der Waals surface area (Å²) in [6, 6.07) is 4.67. The minimum Gasteiger partial charge on any atom is -0.465 e. The number of hydrogen-bond donors (Lipinski definition) is 1. The molecule has 1 aromatic heterocycles. The highest BCUT2D eigenvalue weighted by Gasteiger charge is 2.29. The first-order valence-electron chi connectivity index (χ1n) is 7.90. The number of carbonyl (C=O) groups excluding carboxylic acids is 2. The highest BCUT2D eigenvalue weighted by molar-refractivity contribution is 7.17. The number of thiophene rings is 1.